The number of likely N-dealkylation sites (N-methyl/N-ethyl adjacent to an activating group) is 1. The number of non-ortho nitro benzene ring substituents is 1. The van der Waals surface area contributed by atoms with E-state index >= 15 is 0 Å². The van der Waals surface area contributed by atoms with Crippen LogP contribution in [-0.2, 0) is 9.59 Å². The first-order valence-corrected chi connectivity index (χ1v) is 6.32. The van der Waals surface area contributed by atoms with E-state index in [-0.39, 0.29) is 23.9 Å². The first kappa shape index (κ1) is 16.4. The van der Waals surface area contributed by atoms with Crippen LogP contribution in [0.15, 0.2) is 30.3 Å². The van der Waals surface area contributed by atoms with Gasteiger partial charge in [0.1, 0.15) is 0 Å². The molecule has 7 heteroatoms. The Morgan fingerprint density at radius 2 is 1.95 bits per heavy atom. The molecule has 0 aliphatic carbocycles. The van der Waals surface area contributed by atoms with Crippen molar-refractivity contribution in [2.24, 2.45) is 0 Å². The van der Waals surface area contributed by atoms with Gasteiger partial charge in [-0.25, -0.2) is 0 Å². The maximum absolute atomic E-state index is 11.8. The van der Waals surface area contributed by atoms with Gasteiger partial charge in [0.05, 0.1) is 4.92 Å². The second kappa shape index (κ2) is 7.78. The summed E-state index contributed by atoms with van der Waals surface area (Å²) in [5, 5.41) is 13.0. The van der Waals surface area contributed by atoms with E-state index in [0.717, 1.165) is 0 Å². The molecule has 2 amide bonds. The summed E-state index contributed by atoms with van der Waals surface area (Å²) in [6.07, 6.45) is 3.18. The Hall–Kier alpha value is -2.70. The van der Waals surface area contributed by atoms with Gasteiger partial charge in [-0.2, -0.15) is 0 Å². The van der Waals surface area contributed by atoms with Crippen molar-refractivity contribution in [1.82, 2.24) is 10.2 Å². The van der Waals surface area contributed by atoms with Gasteiger partial charge in [0.15, 0.2) is 0 Å². The van der Waals surface area contributed by atoms with Crippen LogP contribution < -0.4 is 5.32 Å². The summed E-state index contributed by atoms with van der Waals surface area (Å²) in [7, 11) is 3.14. The molecule has 0 saturated heterocycles. The number of hydrogen-bond acceptors (Lipinski definition) is 4. The number of rotatable bonds is 6. The monoisotopic (exact) mass is 291 g/mol. The zero-order valence-electron chi connectivity index (χ0n) is 11.9. The van der Waals surface area contributed by atoms with Crippen LogP contribution in [0.5, 0.6) is 0 Å². The molecular weight excluding hydrogens is 274 g/mol. The maximum atomic E-state index is 11.8. The zero-order chi connectivity index (χ0) is 15.8. The molecule has 0 aromatic heterocycles. The molecule has 7 nitrogen and oxygen atoms in total. The highest BCUT2D eigenvalue weighted by atomic mass is 16.6. The fourth-order valence-electron chi connectivity index (χ4n) is 1.51. The highest BCUT2D eigenvalue weighted by Gasteiger charge is 2.07. The van der Waals surface area contributed by atoms with E-state index in [4.69, 9.17) is 0 Å². The molecule has 0 aliphatic rings. The van der Waals surface area contributed by atoms with Crippen molar-refractivity contribution < 1.29 is 14.5 Å². The van der Waals surface area contributed by atoms with Crippen LogP contribution >= 0.6 is 0 Å². The zero-order valence-corrected chi connectivity index (χ0v) is 11.9. The fraction of sp³-hybridized carbons (Fsp3) is 0.286. The van der Waals surface area contributed by atoms with Gasteiger partial charge in [-0.05, 0) is 23.8 Å². The van der Waals surface area contributed by atoms with E-state index in [9.17, 15) is 19.7 Å². The second-order valence-electron chi connectivity index (χ2n) is 4.36. The molecule has 0 saturated carbocycles. The summed E-state index contributed by atoms with van der Waals surface area (Å²) in [6, 6.07) is 5.87. The number of carbonyl (C=O) groups excluding carboxylic acids is 2. The van der Waals surface area contributed by atoms with Crippen molar-refractivity contribution in [2.75, 3.05) is 20.6 Å². The molecule has 112 valence electrons. The average molecular weight is 291 g/mol. The smallest absolute Gasteiger partial charge is 0.269 e. The standard InChI is InChI=1S/C14H17N3O4/c1-15-13(18)9-10-16(2)14(19)8-5-11-3-6-12(7-4-11)17(20)21/h3-8H,9-10H2,1-2H3,(H,15,18)/b8-5+. The normalized spacial score (nSPS) is 10.4. The molecule has 1 aromatic rings. The molecule has 21 heavy (non-hydrogen) atoms. The lowest BCUT2D eigenvalue weighted by atomic mass is 10.2. The summed E-state index contributed by atoms with van der Waals surface area (Å²) in [4.78, 5) is 34.3. The molecule has 0 unspecified atom stereocenters. The van der Waals surface area contributed by atoms with Crippen LogP contribution in [0.3, 0.4) is 0 Å². The molecule has 0 atom stereocenters. The molecule has 0 spiro atoms. The van der Waals surface area contributed by atoms with Gasteiger partial charge in [0.25, 0.3) is 5.69 Å². The van der Waals surface area contributed by atoms with E-state index in [1.54, 1.807) is 32.3 Å². The highest BCUT2D eigenvalue weighted by Crippen LogP contribution is 2.12. The van der Waals surface area contributed by atoms with Crippen LogP contribution in [0, 0.1) is 10.1 Å². The molecule has 0 heterocycles. The van der Waals surface area contributed by atoms with Gasteiger partial charge < -0.3 is 10.2 Å². The Kier molecular flexibility index (Phi) is 6.06. The number of nitrogens with zero attached hydrogens (tertiary/aromatic N) is 2. The van der Waals surface area contributed by atoms with Gasteiger partial charge in [-0.3, -0.25) is 19.7 Å². The fourth-order valence-corrected chi connectivity index (χ4v) is 1.51. The van der Waals surface area contributed by atoms with Gasteiger partial charge in [-0.15, -0.1) is 0 Å². The largest absolute Gasteiger partial charge is 0.359 e. The minimum Gasteiger partial charge on any atom is -0.359 e. The predicted octanol–water partition coefficient (Wildman–Crippen LogP) is 1.20. The van der Waals surface area contributed by atoms with Crippen molar-refractivity contribution in [3.8, 4) is 0 Å². The SMILES string of the molecule is CNC(=O)CCN(C)C(=O)/C=C/c1ccc([N+](=O)[O-])cc1. The third-order valence-corrected chi connectivity index (χ3v) is 2.85. The van der Waals surface area contributed by atoms with Gasteiger partial charge in [0, 0.05) is 45.3 Å². The Bertz CT molecular complexity index is 552. The van der Waals surface area contributed by atoms with E-state index in [0.29, 0.717) is 12.1 Å². The van der Waals surface area contributed by atoms with E-state index in [1.807, 2.05) is 0 Å². The highest BCUT2D eigenvalue weighted by molar-refractivity contribution is 5.91. The van der Waals surface area contributed by atoms with Crippen LogP contribution in [0.1, 0.15) is 12.0 Å². The topological polar surface area (TPSA) is 92.6 Å². The number of nitrogens with one attached hydrogen (secondary N) is 1. The minimum absolute atomic E-state index is 0.00109. The Labute approximate surface area is 122 Å². The summed E-state index contributed by atoms with van der Waals surface area (Å²) >= 11 is 0. The number of nitro benzene ring substituents is 1. The summed E-state index contributed by atoms with van der Waals surface area (Å²) in [5.74, 6) is -0.369. The number of benzene rings is 1. The molecular formula is C14H17N3O4. The molecule has 0 bridgehead atoms. The van der Waals surface area contributed by atoms with E-state index in [1.165, 1.54) is 23.1 Å². The molecule has 0 aliphatic heterocycles. The molecule has 1 N–H and O–H groups in total. The summed E-state index contributed by atoms with van der Waals surface area (Å²) in [6.45, 7) is 0.323. The van der Waals surface area contributed by atoms with Crippen molar-refractivity contribution >= 4 is 23.6 Å². The molecule has 0 radical (unpaired) electrons. The van der Waals surface area contributed by atoms with Gasteiger partial charge in [-0.1, -0.05) is 0 Å². The molecule has 1 aromatic carbocycles. The Morgan fingerprint density at radius 1 is 1.33 bits per heavy atom. The molecule has 0 fully saturated rings. The summed E-state index contributed by atoms with van der Waals surface area (Å²) < 4.78 is 0. The van der Waals surface area contributed by atoms with E-state index < -0.39 is 4.92 Å². The first-order valence-electron chi connectivity index (χ1n) is 6.32. The van der Waals surface area contributed by atoms with Crippen LogP contribution in [0.4, 0.5) is 5.69 Å². The van der Waals surface area contributed by atoms with Gasteiger partial charge >= 0.3 is 0 Å². The number of carbonyl (C=O) groups is 2. The maximum Gasteiger partial charge on any atom is 0.269 e. The first-order chi connectivity index (χ1) is 9.93. The van der Waals surface area contributed by atoms with Gasteiger partial charge in [0.2, 0.25) is 11.8 Å². The van der Waals surface area contributed by atoms with Crippen LogP contribution in [0.2, 0.25) is 0 Å². The van der Waals surface area contributed by atoms with Crippen LogP contribution in [-0.4, -0.2) is 42.3 Å². The number of nitro groups is 1. The Morgan fingerprint density at radius 3 is 2.48 bits per heavy atom. The summed E-state index contributed by atoms with van der Waals surface area (Å²) in [5.41, 5.74) is 0.690. The number of amides is 2. The number of hydrogen-bond donors (Lipinski definition) is 1. The van der Waals surface area contributed by atoms with Crippen molar-refractivity contribution in [3.63, 3.8) is 0 Å². The lowest BCUT2D eigenvalue weighted by molar-refractivity contribution is -0.384. The van der Waals surface area contributed by atoms with Crippen molar-refractivity contribution in [3.05, 3.63) is 46.0 Å². The lowest BCUT2D eigenvalue weighted by Crippen LogP contribution is -2.30. The third kappa shape index (κ3) is 5.43. The second-order valence-corrected chi connectivity index (χ2v) is 4.36. The van der Waals surface area contributed by atoms with Crippen molar-refractivity contribution in [1.29, 1.82) is 0 Å². The quantitative estimate of drug-likeness (QED) is 0.484. The minimum atomic E-state index is -0.481. The lowest BCUT2D eigenvalue weighted by Gasteiger charge is -2.14. The van der Waals surface area contributed by atoms with Crippen LogP contribution in [0.25, 0.3) is 6.08 Å². The van der Waals surface area contributed by atoms with Crippen molar-refractivity contribution in [2.45, 2.75) is 6.42 Å². The predicted molar refractivity (Wildman–Crippen MR) is 78.5 cm³/mol. The Balaban J connectivity index is 2.56. The average Bonchev–Trinajstić information content (AvgIpc) is 2.50. The van der Waals surface area contributed by atoms with E-state index in [2.05, 4.69) is 5.32 Å². The molecule has 1 rings (SSSR count). The third-order valence-electron chi connectivity index (χ3n) is 2.85.